The van der Waals surface area contributed by atoms with Crippen molar-refractivity contribution in [2.24, 2.45) is 0 Å². The van der Waals surface area contributed by atoms with Crippen molar-refractivity contribution in [1.82, 2.24) is 14.7 Å². The largest absolute Gasteiger partial charge is 0.497 e. The minimum absolute atomic E-state index is 0.0355. The molecule has 0 bridgehead atoms. The number of fused-ring (bicyclic) bond motifs is 1. The van der Waals surface area contributed by atoms with Crippen LogP contribution in [-0.2, 0) is 16.1 Å². The van der Waals surface area contributed by atoms with Gasteiger partial charge in [0.1, 0.15) is 18.8 Å². The van der Waals surface area contributed by atoms with Gasteiger partial charge in [-0.15, -0.1) is 0 Å². The third kappa shape index (κ3) is 3.49. The quantitative estimate of drug-likeness (QED) is 0.728. The summed E-state index contributed by atoms with van der Waals surface area (Å²) in [7, 11) is 1.58. The molecule has 0 aliphatic carbocycles. The van der Waals surface area contributed by atoms with Crippen LogP contribution in [0.15, 0.2) is 53.3 Å². The number of anilines is 1. The van der Waals surface area contributed by atoms with Crippen LogP contribution in [0.2, 0.25) is 0 Å². The zero-order valence-electron chi connectivity index (χ0n) is 16.3. The fourth-order valence-corrected chi connectivity index (χ4v) is 3.66. The maximum atomic E-state index is 12.9. The van der Waals surface area contributed by atoms with E-state index in [1.807, 2.05) is 31.2 Å². The first kappa shape index (κ1) is 18.8. The number of benzene rings is 2. The predicted molar refractivity (Wildman–Crippen MR) is 109 cm³/mol. The Morgan fingerprint density at radius 3 is 2.72 bits per heavy atom. The van der Waals surface area contributed by atoms with E-state index in [0.717, 1.165) is 5.69 Å². The summed E-state index contributed by atoms with van der Waals surface area (Å²) in [5, 5.41) is 3.49. The van der Waals surface area contributed by atoms with E-state index in [-0.39, 0.29) is 36.5 Å². The van der Waals surface area contributed by atoms with Gasteiger partial charge in [0.15, 0.2) is 0 Å². The Morgan fingerprint density at radius 2 is 1.97 bits per heavy atom. The van der Waals surface area contributed by atoms with Crippen molar-refractivity contribution >= 4 is 28.4 Å². The van der Waals surface area contributed by atoms with Gasteiger partial charge in [-0.3, -0.25) is 19.5 Å². The summed E-state index contributed by atoms with van der Waals surface area (Å²) in [6.07, 6.45) is 0. The second-order valence-electron chi connectivity index (χ2n) is 7.13. The van der Waals surface area contributed by atoms with E-state index in [9.17, 15) is 14.4 Å². The molecule has 150 valence electrons. The minimum atomic E-state index is -0.273. The number of nitrogens with one attached hydrogen (secondary N) is 1. The average molecular weight is 394 g/mol. The third-order valence-electron chi connectivity index (χ3n) is 5.22. The van der Waals surface area contributed by atoms with Crippen molar-refractivity contribution in [3.63, 3.8) is 0 Å². The Bertz CT molecular complexity index is 1130. The fourth-order valence-electron chi connectivity index (χ4n) is 3.66. The molecular weight excluding hydrogens is 372 g/mol. The maximum Gasteiger partial charge on any atom is 0.274 e. The molecule has 1 atom stereocenters. The van der Waals surface area contributed by atoms with Crippen LogP contribution in [0.5, 0.6) is 5.75 Å². The van der Waals surface area contributed by atoms with Crippen LogP contribution in [0.3, 0.4) is 0 Å². The van der Waals surface area contributed by atoms with Crippen molar-refractivity contribution in [1.29, 1.82) is 0 Å². The highest BCUT2D eigenvalue weighted by Gasteiger charge is 2.33. The standard InChI is InChI=1S/C21H22N4O4/c1-14-11-24(15-6-5-7-16(10-15)29-2)19(26)12-23(14)20(27)13-25-21(28)17-8-3-4-9-18(17)22-25/h3-10,14,22H,11-13H2,1-2H3/t14-/m1/s1. The molecule has 1 fully saturated rings. The molecule has 4 rings (SSSR count). The molecule has 8 nitrogen and oxygen atoms in total. The lowest BCUT2D eigenvalue weighted by Crippen LogP contribution is -2.58. The zero-order chi connectivity index (χ0) is 20.5. The van der Waals surface area contributed by atoms with Crippen molar-refractivity contribution in [3.8, 4) is 5.75 Å². The van der Waals surface area contributed by atoms with Crippen molar-refractivity contribution in [2.45, 2.75) is 19.5 Å². The number of piperazine rings is 1. The molecule has 2 aromatic carbocycles. The summed E-state index contributed by atoms with van der Waals surface area (Å²) < 4.78 is 6.52. The monoisotopic (exact) mass is 394 g/mol. The van der Waals surface area contributed by atoms with Crippen LogP contribution >= 0.6 is 0 Å². The highest BCUT2D eigenvalue weighted by molar-refractivity contribution is 5.98. The van der Waals surface area contributed by atoms with Gasteiger partial charge in [-0.05, 0) is 31.2 Å². The molecule has 0 saturated carbocycles. The topological polar surface area (TPSA) is 87.6 Å². The van der Waals surface area contributed by atoms with E-state index >= 15 is 0 Å². The predicted octanol–water partition coefficient (Wildman–Crippen LogP) is 1.60. The van der Waals surface area contributed by atoms with Crippen LogP contribution in [0.4, 0.5) is 5.69 Å². The number of nitrogens with zero attached hydrogens (tertiary/aromatic N) is 3. The smallest absolute Gasteiger partial charge is 0.274 e. The molecule has 0 unspecified atom stereocenters. The fraction of sp³-hybridized carbons (Fsp3) is 0.286. The summed E-state index contributed by atoms with van der Waals surface area (Å²) in [5.41, 5.74) is 1.17. The van der Waals surface area contributed by atoms with Crippen LogP contribution in [0.1, 0.15) is 6.92 Å². The molecule has 3 aromatic rings. The van der Waals surface area contributed by atoms with Crippen molar-refractivity contribution in [3.05, 3.63) is 58.9 Å². The molecule has 1 aliphatic rings. The second kappa shape index (κ2) is 7.46. The number of ether oxygens (including phenoxy) is 1. The lowest BCUT2D eigenvalue weighted by Gasteiger charge is -2.39. The van der Waals surface area contributed by atoms with E-state index in [2.05, 4.69) is 5.10 Å². The number of aromatic nitrogens is 2. The highest BCUT2D eigenvalue weighted by atomic mass is 16.5. The molecule has 1 N–H and O–H groups in total. The summed E-state index contributed by atoms with van der Waals surface area (Å²) in [5.74, 6) is 0.221. The number of hydrogen-bond donors (Lipinski definition) is 1. The third-order valence-corrected chi connectivity index (χ3v) is 5.22. The summed E-state index contributed by atoms with van der Waals surface area (Å²) in [6.45, 7) is 2.10. The molecule has 1 aliphatic heterocycles. The first-order valence-corrected chi connectivity index (χ1v) is 9.39. The van der Waals surface area contributed by atoms with Crippen LogP contribution in [0, 0.1) is 0 Å². The number of hydrogen-bond acceptors (Lipinski definition) is 4. The van der Waals surface area contributed by atoms with Gasteiger partial charge < -0.3 is 14.5 Å². The van der Waals surface area contributed by atoms with Gasteiger partial charge in [0.2, 0.25) is 11.8 Å². The van der Waals surface area contributed by atoms with Gasteiger partial charge in [-0.25, -0.2) is 4.68 Å². The molecular formula is C21H22N4O4. The average Bonchev–Trinajstić information content (AvgIpc) is 3.05. The number of carbonyl (C=O) groups is 2. The molecule has 0 spiro atoms. The summed E-state index contributed by atoms with van der Waals surface area (Å²) >= 11 is 0. The Morgan fingerprint density at radius 1 is 1.17 bits per heavy atom. The van der Waals surface area contributed by atoms with Gasteiger partial charge in [-0.1, -0.05) is 18.2 Å². The summed E-state index contributed by atoms with van der Waals surface area (Å²) in [6, 6.07) is 14.2. The first-order chi connectivity index (χ1) is 14.0. The van der Waals surface area contributed by atoms with Crippen LogP contribution in [-0.4, -0.2) is 52.7 Å². The Balaban J connectivity index is 1.51. The molecule has 1 aromatic heterocycles. The van der Waals surface area contributed by atoms with Crippen molar-refractivity contribution < 1.29 is 14.3 Å². The molecule has 2 amide bonds. The Kier molecular flexibility index (Phi) is 4.84. The summed E-state index contributed by atoms with van der Waals surface area (Å²) in [4.78, 5) is 41.2. The van der Waals surface area contributed by atoms with E-state index < -0.39 is 0 Å². The number of amides is 2. The Hall–Kier alpha value is -3.55. The zero-order valence-corrected chi connectivity index (χ0v) is 16.3. The molecule has 1 saturated heterocycles. The second-order valence-corrected chi connectivity index (χ2v) is 7.13. The van der Waals surface area contributed by atoms with E-state index in [0.29, 0.717) is 23.2 Å². The maximum absolute atomic E-state index is 12.9. The van der Waals surface area contributed by atoms with Gasteiger partial charge in [0, 0.05) is 24.3 Å². The number of aromatic amines is 1. The first-order valence-electron chi connectivity index (χ1n) is 9.39. The van der Waals surface area contributed by atoms with Gasteiger partial charge in [0.25, 0.3) is 5.56 Å². The normalized spacial score (nSPS) is 17.0. The lowest BCUT2D eigenvalue weighted by atomic mass is 10.1. The SMILES string of the molecule is COc1cccc(N2C[C@@H](C)N(C(=O)Cn3[nH]c4ccccc4c3=O)CC2=O)c1. The van der Waals surface area contributed by atoms with Gasteiger partial charge in [0.05, 0.1) is 18.0 Å². The lowest BCUT2D eigenvalue weighted by molar-refractivity contribution is -0.140. The van der Waals surface area contributed by atoms with Crippen LogP contribution < -0.4 is 15.2 Å². The van der Waals surface area contributed by atoms with Crippen molar-refractivity contribution in [2.75, 3.05) is 25.1 Å². The van der Waals surface area contributed by atoms with Gasteiger partial charge >= 0.3 is 0 Å². The van der Waals surface area contributed by atoms with Gasteiger partial charge in [-0.2, -0.15) is 0 Å². The molecule has 8 heteroatoms. The highest BCUT2D eigenvalue weighted by Crippen LogP contribution is 2.24. The van der Waals surface area contributed by atoms with E-state index in [4.69, 9.17) is 4.74 Å². The number of methoxy groups -OCH3 is 1. The molecule has 2 heterocycles. The molecule has 0 radical (unpaired) electrons. The minimum Gasteiger partial charge on any atom is -0.497 e. The molecule has 29 heavy (non-hydrogen) atoms. The number of para-hydroxylation sites is 1. The number of rotatable bonds is 4. The van der Waals surface area contributed by atoms with Crippen LogP contribution in [0.25, 0.3) is 10.9 Å². The van der Waals surface area contributed by atoms with E-state index in [1.54, 1.807) is 36.3 Å². The number of carbonyl (C=O) groups excluding carboxylic acids is 2. The number of H-pyrrole nitrogens is 1. The van der Waals surface area contributed by atoms with E-state index in [1.165, 1.54) is 9.58 Å². The Labute approximate surface area is 167 Å².